The number of carbonyl (C=O) groups is 1. The fourth-order valence-corrected chi connectivity index (χ4v) is 2.74. The molecular weight excluding hydrogens is 265 g/mol. The van der Waals surface area contributed by atoms with E-state index in [2.05, 4.69) is 16.2 Å². The molecule has 0 aliphatic carbocycles. The van der Waals surface area contributed by atoms with E-state index in [-0.39, 0.29) is 29.8 Å². The highest BCUT2D eigenvalue weighted by Crippen LogP contribution is 2.18. The first-order valence-corrected chi connectivity index (χ1v) is 7.23. The highest BCUT2D eigenvalue weighted by molar-refractivity contribution is 8.00. The van der Waals surface area contributed by atoms with Crippen molar-refractivity contribution in [2.75, 3.05) is 5.75 Å². The second kappa shape index (κ2) is 6.36. The van der Waals surface area contributed by atoms with E-state index in [4.69, 9.17) is 0 Å². The smallest absolute Gasteiger partial charge is 0.230 e. The number of halogens is 1. The standard InChI is InChI=1S/C13H18FN3OS/c1-8-13(9(2)17-16-8)15-12(18)7-19-11-5-3-10(14)4-6-11/h3-6,8-9,13,16-17H,7H2,1-2H3,(H,15,18). The van der Waals surface area contributed by atoms with Gasteiger partial charge in [0, 0.05) is 17.0 Å². The molecule has 1 aliphatic heterocycles. The van der Waals surface area contributed by atoms with E-state index in [0.29, 0.717) is 5.75 Å². The van der Waals surface area contributed by atoms with E-state index in [1.807, 2.05) is 13.8 Å². The zero-order chi connectivity index (χ0) is 13.8. The molecule has 1 fully saturated rings. The predicted octanol–water partition coefficient (Wildman–Crippen LogP) is 1.29. The zero-order valence-electron chi connectivity index (χ0n) is 10.9. The summed E-state index contributed by atoms with van der Waals surface area (Å²) in [4.78, 5) is 12.8. The van der Waals surface area contributed by atoms with Crippen molar-refractivity contribution in [3.8, 4) is 0 Å². The van der Waals surface area contributed by atoms with E-state index in [9.17, 15) is 9.18 Å². The van der Waals surface area contributed by atoms with E-state index in [1.165, 1.54) is 23.9 Å². The molecule has 2 atom stereocenters. The van der Waals surface area contributed by atoms with Gasteiger partial charge in [0.25, 0.3) is 0 Å². The number of hydrogen-bond acceptors (Lipinski definition) is 4. The van der Waals surface area contributed by atoms with Crippen LogP contribution in [0.4, 0.5) is 4.39 Å². The highest BCUT2D eigenvalue weighted by atomic mass is 32.2. The first kappa shape index (κ1) is 14.3. The summed E-state index contributed by atoms with van der Waals surface area (Å²) in [7, 11) is 0. The highest BCUT2D eigenvalue weighted by Gasteiger charge is 2.30. The number of nitrogens with one attached hydrogen (secondary N) is 3. The second-order valence-electron chi connectivity index (χ2n) is 4.70. The Morgan fingerprint density at radius 1 is 1.26 bits per heavy atom. The van der Waals surface area contributed by atoms with Crippen molar-refractivity contribution in [3.63, 3.8) is 0 Å². The van der Waals surface area contributed by atoms with Crippen LogP contribution in [0.5, 0.6) is 0 Å². The Kier molecular flexibility index (Phi) is 4.79. The summed E-state index contributed by atoms with van der Waals surface area (Å²) in [6.07, 6.45) is 0. The molecule has 4 nitrogen and oxygen atoms in total. The van der Waals surface area contributed by atoms with Gasteiger partial charge >= 0.3 is 0 Å². The molecule has 2 unspecified atom stereocenters. The molecule has 1 heterocycles. The predicted molar refractivity (Wildman–Crippen MR) is 74.3 cm³/mol. The fourth-order valence-electron chi connectivity index (χ4n) is 2.03. The van der Waals surface area contributed by atoms with Crippen LogP contribution in [0.15, 0.2) is 29.2 Å². The lowest BCUT2D eigenvalue weighted by atomic mass is 10.1. The first-order valence-electron chi connectivity index (χ1n) is 6.25. The third-order valence-electron chi connectivity index (χ3n) is 3.13. The van der Waals surface area contributed by atoms with Crippen LogP contribution in [-0.4, -0.2) is 29.8 Å². The molecule has 2 rings (SSSR count). The Bertz CT molecular complexity index is 430. The van der Waals surface area contributed by atoms with E-state index in [1.54, 1.807) is 12.1 Å². The maximum absolute atomic E-state index is 12.7. The molecule has 0 radical (unpaired) electrons. The third kappa shape index (κ3) is 3.92. The Morgan fingerprint density at radius 3 is 2.42 bits per heavy atom. The van der Waals surface area contributed by atoms with Gasteiger partial charge in [0.1, 0.15) is 5.82 Å². The number of hydrazine groups is 1. The van der Waals surface area contributed by atoms with Crippen molar-refractivity contribution < 1.29 is 9.18 Å². The molecule has 0 saturated carbocycles. The monoisotopic (exact) mass is 283 g/mol. The third-order valence-corrected chi connectivity index (χ3v) is 4.14. The van der Waals surface area contributed by atoms with Gasteiger partial charge < -0.3 is 5.32 Å². The summed E-state index contributed by atoms with van der Waals surface area (Å²) in [5.74, 6) is 0.0600. The topological polar surface area (TPSA) is 53.2 Å². The molecule has 0 aromatic heterocycles. The van der Waals surface area contributed by atoms with Crippen molar-refractivity contribution in [2.45, 2.75) is 36.9 Å². The van der Waals surface area contributed by atoms with Gasteiger partial charge in [-0.15, -0.1) is 11.8 Å². The summed E-state index contributed by atoms with van der Waals surface area (Å²) >= 11 is 1.40. The Balaban J connectivity index is 1.80. The van der Waals surface area contributed by atoms with Gasteiger partial charge in [0.05, 0.1) is 11.8 Å². The van der Waals surface area contributed by atoms with Crippen LogP contribution < -0.4 is 16.2 Å². The Labute approximate surface area is 116 Å². The van der Waals surface area contributed by atoms with Crippen molar-refractivity contribution >= 4 is 17.7 Å². The fraction of sp³-hybridized carbons (Fsp3) is 0.462. The van der Waals surface area contributed by atoms with Crippen LogP contribution in [0.25, 0.3) is 0 Å². The lowest BCUT2D eigenvalue weighted by Crippen LogP contribution is -2.47. The van der Waals surface area contributed by atoms with Crippen LogP contribution in [0, 0.1) is 5.82 Å². The van der Waals surface area contributed by atoms with Gasteiger partial charge in [-0.25, -0.2) is 4.39 Å². The summed E-state index contributed by atoms with van der Waals surface area (Å²) in [5.41, 5.74) is 6.18. The summed E-state index contributed by atoms with van der Waals surface area (Å²) in [6.45, 7) is 4.04. The number of amides is 1. The quantitative estimate of drug-likeness (QED) is 0.729. The first-order chi connectivity index (χ1) is 9.06. The molecule has 1 amide bonds. The van der Waals surface area contributed by atoms with E-state index >= 15 is 0 Å². The number of rotatable bonds is 4. The Hall–Kier alpha value is -1.11. The minimum Gasteiger partial charge on any atom is -0.349 e. The normalized spacial score (nSPS) is 26.4. The molecule has 6 heteroatoms. The maximum atomic E-state index is 12.7. The molecule has 3 N–H and O–H groups in total. The van der Waals surface area contributed by atoms with Gasteiger partial charge in [0.2, 0.25) is 5.91 Å². The van der Waals surface area contributed by atoms with Crippen LogP contribution in [0.1, 0.15) is 13.8 Å². The molecule has 19 heavy (non-hydrogen) atoms. The molecule has 0 spiro atoms. The number of benzene rings is 1. The molecule has 104 valence electrons. The van der Waals surface area contributed by atoms with E-state index < -0.39 is 0 Å². The van der Waals surface area contributed by atoms with Gasteiger partial charge in [-0.1, -0.05) is 0 Å². The lowest BCUT2D eigenvalue weighted by Gasteiger charge is -2.19. The van der Waals surface area contributed by atoms with Crippen molar-refractivity contribution in [1.82, 2.24) is 16.2 Å². The zero-order valence-corrected chi connectivity index (χ0v) is 11.8. The minimum atomic E-state index is -0.264. The average molecular weight is 283 g/mol. The molecule has 1 saturated heterocycles. The van der Waals surface area contributed by atoms with Crippen molar-refractivity contribution in [3.05, 3.63) is 30.1 Å². The molecule has 1 aromatic carbocycles. The minimum absolute atomic E-state index is 0.0106. The summed E-state index contributed by atoms with van der Waals surface area (Å²) < 4.78 is 12.7. The van der Waals surface area contributed by atoms with Gasteiger partial charge in [-0.3, -0.25) is 15.6 Å². The number of carbonyl (C=O) groups excluding carboxylic acids is 1. The van der Waals surface area contributed by atoms with Gasteiger partial charge in [-0.05, 0) is 38.1 Å². The Morgan fingerprint density at radius 2 is 1.84 bits per heavy atom. The lowest BCUT2D eigenvalue weighted by molar-refractivity contribution is -0.119. The van der Waals surface area contributed by atoms with Crippen molar-refractivity contribution in [2.24, 2.45) is 0 Å². The largest absolute Gasteiger partial charge is 0.349 e. The van der Waals surface area contributed by atoms with Crippen LogP contribution in [0.2, 0.25) is 0 Å². The number of hydrogen-bond donors (Lipinski definition) is 3. The molecule has 1 aliphatic rings. The molecule has 1 aromatic rings. The van der Waals surface area contributed by atoms with Crippen LogP contribution >= 0.6 is 11.8 Å². The maximum Gasteiger partial charge on any atom is 0.230 e. The summed E-state index contributed by atoms with van der Waals surface area (Å²) in [6, 6.07) is 6.64. The van der Waals surface area contributed by atoms with Gasteiger partial charge in [-0.2, -0.15) is 0 Å². The average Bonchev–Trinajstić information content (AvgIpc) is 2.70. The SMILES string of the molecule is CC1NNC(C)C1NC(=O)CSc1ccc(F)cc1. The second-order valence-corrected chi connectivity index (χ2v) is 5.75. The van der Waals surface area contributed by atoms with Crippen LogP contribution in [0.3, 0.4) is 0 Å². The van der Waals surface area contributed by atoms with Gasteiger partial charge in [0.15, 0.2) is 0 Å². The van der Waals surface area contributed by atoms with Crippen LogP contribution in [-0.2, 0) is 4.79 Å². The summed E-state index contributed by atoms with van der Waals surface area (Å²) in [5, 5.41) is 3.00. The molecule has 0 bridgehead atoms. The van der Waals surface area contributed by atoms with Crippen molar-refractivity contribution in [1.29, 1.82) is 0 Å². The van der Waals surface area contributed by atoms with E-state index in [0.717, 1.165) is 4.90 Å². The number of thioether (sulfide) groups is 1. The molecular formula is C13H18FN3OS.